The number of fused-ring (bicyclic) bond motifs is 1. The van der Waals surface area contributed by atoms with Crippen molar-refractivity contribution in [1.82, 2.24) is 30.6 Å². The molecule has 0 radical (unpaired) electrons. The predicted octanol–water partition coefficient (Wildman–Crippen LogP) is 7.31. The number of hydrogen-bond acceptors (Lipinski definition) is 13. The highest BCUT2D eigenvalue weighted by molar-refractivity contribution is 6.31. The first-order chi connectivity index (χ1) is 31.1. The van der Waals surface area contributed by atoms with E-state index in [0.717, 1.165) is 44.3 Å². The second kappa shape index (κ2) is 18.3. The molecule has 2 aliphatic heterocycles. The first-order valence-corrected chi connectivity index (χ1v) is 22.9. The van der Waals surface area contributed by atoms with Crippen molar-refractivity contribution < 1.29 is 23.9 Å². The van der Waals surface area contributed by atoms with Crippen LogP contribution in [0.5, 0.6) is 11.5 Å². The summed E-state index contributed by atoms with van der Waals surface area (Å²) < 4.78 is 12.1. The van der Waals surface area contributed by atoms with E-state index in [1.54, 1.807) is 74.0 Å². The molecule has 2 aromatic heterocycles. The zero-order valence-corrected chi connectivity index (χ0v) is 38.9. The standard InChI is InChI=1S/C48H58ClN11O5/c1-8-36-42(63)58(6)37-27-52-45(56-39(37)60(36)32-11-9-10-12-32)55-35-16-14-29(21-38(35)64-7)40(61)51-24-28-17-19-59(20-18-28)46-53-25-31(26-54-46)41(62)57-43-47(2,3)44(48(43,4)5)65-33-15-13-30(23-50)34(49)22-33/h13-16,21-22,25-28,32,36,43-44H,8-12,17-20,24H2,1-7H3,(H,51,61)(H,57,62)(H,52,55,56)/t36-,43?,44?/m1/s1. The Morgan fingerprint density at radius 3 is 2.29 bits per heavy atom. The quantitative estimate of drug-likeness (QED) is 0.121. The van der Waals surface area contributed by atoms with Gasteiger partial charge in [0.1, 0.15) is 35.4 Å². The average Bonchev–Trinajstić information content (AvgIpc) is 3.85. The van der Waals surface area contributed by atoms with Gasteiger partial charge in [-0.05, 0) is 68.4 Å². The molecule has 0 spiro atoms. The number of benzene rings is 2. The molecule has 16 nitrogen and oxygen atoms in total. The molecule has 8 rings (SSSR count). The number of halogens is 1. The van der Waals surface area contributed by atoms with E-state index in [2.05, 4.69) is 74.5 Å². The van der Waals surface area contributed by atoms with Gasteiger partial charge in [-0.2, -0.15) is 10.2 Å². The predicted molar refractivity (Wildman–Crippen MR) is 249 cm³/mol. The number of piperidine rings is 1. The maximum absolute atomic E-state index is 13.5. The van der Waals surface area contributed by atoms with Gasteiger partial charge in [-0.15, -0.1) is 0 Å². The van der Waals surface area contributed by atoms with Crippen LogP contribution in [0, 0.1) is 28.1 Å². The minimum atomic E-state index is -0.405. The van der Waals surface area contributed by atoms with Crippen molar-refractivity contribution in [3.8, 4) is 17.6 Å². The Bertz CT molecular complexity index is 2460. The van der Waals surface area contributed by atoms with Crippen molar-refractivity contribution in [2.24, 2.45) is 16.7 Å². The number of aromatic nitrogens is 4. The highest BCUT2D eigenvalue weighted by Crippen LogP contribution is 2.55. The second-order valence-corrected chi connectivity index (χ2v) is 19.2. The van der Waals surface area contributed by atoms with Gasteiger partial charge in [-0.25, -0.2) is 15.0 Å². The van der Waals surface area contributed by atoms with Crippen molar-refractivity contribution >= 4 is 58.4 Å². The number of ether oxygens (including phenoxy) is 2. The van der Waals surface area contributed by atoms with Gasteiger partial charge < -0.3 is 40.1 Å². The number of nitrogens with one attached hydrogen (secondary N) is 3. The summed E-state index contributed by atoms with van der Waals surface area (Å²) >= 11 is 6.25. The first kappa shape index (κ1) is 45.4. The molecule has 2 aromatic carbocycles. The van der Waals surface area contributed by atoms with Gasteiger partial charge in [0.2, 0.25) is 17.8 Å². The average molecular weight is 905 g/mol. The Kier molecular flexibility index (Phi) is 12.8. The highest BCUT2D eigenvalue weighted by Gasteiger charge is 2.64. The lowest BCUT2D eigenvalue weighted by atomic mass is 9.49. The number of anilines is 5. The minimum absolute atomic E-state index is 0.0624. The van der Waals surface area contributed by atoms with E-state index in [4.69, 9.17) is 26.1 Å². The molecule has 1 saturated heterocycles. The molecule has 0 unspecified atom stereocenters. The van der Waals surface area contributed by atoms with Gasteiger partial charge >= 0.3 is 0 Å². The zero-order chi connectivity index (χ0) is 46.2. The normalized spacial score (nSPS) is 21.5. The van der Waals surface area contributed by atoms with E-state index < -0.39 is 10.8 Å². The van der Waals surface area contributed by atoms with Gasteiger partial charge in [0.15, 0.2) is 5.82 Å². The van der Waals surface area contributed by atoms with Crippen molar-refractivity contribution in [2.45, 2.75) is 104 Å². The van der Waals surface area contributed by atoms with Crippen molar-refractivity contribution in [3.05, 3.63) is 76.7 Å². The summed E-state index contributed by atoms with van der Waals surface area (Å²) in [5, 5.41) is 19.2. The van der Waals surface area contributed by atoms with Gasteiger partial charge in [-0.3, -0.25) is 14.4 Å². The number of amides is 3. The van der Waals surface area contributed by atoms with E-state index in [1.165, 1.54) is 0 Å². The lowest BCUT2D eigenvalue weighted by Gasteiger charge is -2.63. The van der Waals surface area contributed by atoms with Crippen LogP contribution in [0.2, 0.25) is 5.02 Å². The van der Waals surface area contributed by atoms with Crippen LogP contribution in [0.4, 0.5) is 29.1 Å². The Morgan fingerprint density at radius 2 is 1.65 bits per heavy atom. The summed E-state index contributed by atoms with van der Waals surface area (Å²) in [5.41, 5.74) is 1.73. The SMILES string of the molecule is CC[C@@H]1C(=O)N(C)c2cnc(Nc3ccc(C(=O)NCC4CCN(c5ncc(C(=O)NC6C(C)(C)C(Oc7ccc(C#N)c(Cl)c7)C6(C)C)cn5)CC4)cc3OC)nc2N1C1CCCC1. The van der Waals surface area contributed by atoms with Crippen molar-refractivity contribution in [1.29, 1.82) is 5.26 Å². The third-order valence-electron chi connectivity index (χ3n) is 13.9. The zero-order valence-electron chi connectivity index (χ0n) is 38.2. The molecule has 0 bridgehead atoms. The first-order valence-electron chi connectivity index (χ1n) is 22.5. The number of carbonyl (C=O) groups excluding carboxylic acids is 3. The van der Waals surface area contributed by atoms with E-state index in [0.29, 0.717) is 82.5 Å². The molecule has 1 atom stereocenters. The van der Waals surface area contributed by atoms with Crippen LogP contribution in [0.15, 0.2) is 55.0 Å². The summed E-state index contributed by atoms with van der Waals surface area (Å²) in [7, 11) is 3.34. The summed E-state index contributed by atoms with van der Waals surface area (Å²) in [4.78, 5) is 64.8. The number of likely N-dealkylation sites (N-methyl/N-ethyl adjacent to an activating group) is 1. The van der Waals surface area contributed by atoms with Crippen LogP contribution in [0.25, 0.3) is 0 Å². The fourth-order valence-electron chi connectivity index (χ4n) is 10.6. The molecule has 3 N–H and O–H groups in total. The Hall–Kier alpha value is -6.21. The van der Waals surface area contributed by atoms with Gasteiger partial charge in [-0.1, -0.05) is 59.1 Å². The fraction of sp³-hybridized carbons (Fsp3) is 0.500. The van der Waals surface area contributed by atoms with Crippen LogP contribution in [0.1, 0.15) is 106 Å². The number of methoxy groups -OCH3 is 1. The smallest absolute Gasteiger partial charge is 0.254 e. The highest BCUT2D eigenvalue weighted by atomic mass is 35.5. The van der Waals surface area contributed by atoms with Gasteiger partial charge in [0, 0.05) is 73.6 Å². The molecule has 17 heteroatoms. The summed E-state index contributed by atoms with van der Waals surface area (Å²) in [5.74, 6) is 2.62. The van der Waals surface area contributed by atoms with Crippen LogP contribution >= 0.6 is 11.6 Å². The lowest BCUT2D eigenvalue weighted by Crippen LogP contribution is -2.74. The van der Waals surface area contributed by atoms with Crippen LogP contribution in [-0.2, 0) is 4.79 Å². The summed E-state index contributed by atoms with van der Waals surface area (Å²) in [6.45, 7) is 12.2. The largest absolute Gasteiger partial charge is 0.495 e. The Morgan fingerprint density at radius 1 is 0.938 bits per heavy atom. The number of nitrogens with zero attached hydrogens (tertiary/aromatic N) is 8. The Balaban J connectivity index is 0.821. The third-order valence-corrected chi connectivity index (χ3v) is 14.2. The number of nitriles is 1. The molecule has 342 valence electrons. The lowest BCUT2D eigenvalue weighted by molar-refractivity contribution is -0.164. The Labute approximate surface area is 385 Å². The molecule has 3 fully saturated rings. The molecule has 4 aromatic rings. The van der Waals surface area contributed by atoms with Crippen LogP contribution < -0.4 is 40.1 Å². The molecule has 2 aliphatic carbocycles. The van der Waals surface area contributed by atoms with E-state index in [9.17, 15) is 19.6 Å². The van der Waals surface area contributed by atoms with Crippen molar-refractivity contribution in [3.63, 3.8) is 0 Å². The summed E-state index contributed by atoms with van der Waals surface area (Å²) in [6.07, 6.45) is 11.3. The molecule has 65 heavy (non-hydrogen) atoms. The topological polar surface area (TPSA) is 191 Å². The maximum atomic E-state index is 13.5. The maximum Gasteiger partial charge on any atom is 0.254 e. The molecular weight excluding hydrogens is 846 g/mol. The van der Waals surface area contributed by atoms with Gasteiger partial charge in [0.25, 0.3) is 11.8 Å². The molecular formula is C48H58ClN11O5. The van der Waals surface area contributed by atoms with Gasteiger partial charge in [0.05, 0.1) is 35.1 Å². The molecule has 4 aliphatic rings. The van der Waals surface area contributed by atoms with E-state index in [-0.39, 0.29) is 47.9 Å². The number of hydrogen-bond donors (Lipinski definition) is 3. The third kappa shape index (κ3) is 8.82. The molecule has 2 saturated carbocycles. The fourth-order valence-corrected chi connectivity index (χ4v) is 10.8. The molecule has 4 heterocycles. The summed E-state index contributed by atoms with van der Waals surface area (Å²) in [6, 6.07) is 12.1. The van der Waals surface area contributed by atoms with E-state index in [1.807, 2.05) is 6.92 Å². The van der Waals surface area contributed by atoms with Crippen LogP contribution in [0.3, 0.4) is 0 Å². The number of carbonyl (C=O) groups is 3. The van der Waals surface area contributed by atoms with Crippen LogP contribution in [-0.4, -0.2) is 95.7 Å². The molecule has 3 amide bonds. The van der Waals surface area contributed by atoms with E-state index >= 15 is 0 Å². The minimum Gasteiger partial charge on any atom is -0.495 e. The number of rotatable bonds is 13. The van der Waals surface area contributed by atoms with Crippen molar-refractivity contribution in [2.75, 3.05) is 53.8 Å². The monoisotopic (exact) mass is 903 g/mol. The second-order valence-electron chi connectivity index (χ2n) is 18.8.